The molecule has 0 radical (unpaired) electrons. The van der Waals surface area contributed by atoms with Gasteiger partial charge >= 0.3 is 0 Å². The number of thiazole rings is 1. The summed E-state index contributed by atoms with van der Waals surface area (Å²) < 4.78 is 7.58. The first-order valence-corrected chi connectivity index (χ1v) is 12.1. The van der Waals surface area contributed by atoms with Gasteiger partial charge in [0.2, 0.25) is 5.91 Å². The van der Waals surface area contributed by atoms with E-state index in [2.05, 4.69) is 35.0 Å². The fourth-order valence-electron chi connectivity index (χ4n) is 3.65. The monoisotopic (exact) mass is 441 g/mol. The van der Waals surface area contributed by atoms with Crippen LogP contribution in [-0.4, -0.2) is 65.3 Å². The van der Waals surface area contributed by atoms with Crippen molar-refractivity contribution in [2.45, 2.75) is 23.8 Å². The highest BCUT2D eigenvalue weighted by molar-refractivity contribution is 8.01. The highest BCUT2D eigenvalue weighted by atomic mass is 32.2. The van der Waals surface area contributed by atoms with E-state index in [9.17, 15) is 4.79 Å². The number of carbonyl (C=O) groups is 1. The van der Waals surface area contributed by atoms with Crippen LogP contribution in [0.25, 0.3) is 10.2 Å². The quantitative estimate of drug-likeness (QED) is 0.492. The average molecular weight is 442 g/mol. The molecule has 3 aromatic rings. The summed E-state index contributed by atoms with van der Waals surface area (Å²) in [5, 5.41) is 0. The summed E-state index contributed by atoms with van der Waals surface area (Å²) in [7, 11) is 0. The van der Waals surface area contributed by atoms with E-state index in [1.165, 1.54) is 11.8 Å². The lowest BCUT2D eigenvalue weighted by Crippen LogP contribution is -2.48. The third-order valence-corrected chi connectivity index (χ3v) is 7.43. The van der Waals surface area contributed by atoms with Crippen LogP contribution < -0.4 is 0 Å². The molecule has 1 amide bonds. The predicted molar refractivity (Wildman–Crippen MR) is 124 cm³/mol. The molecule has 1 aromatic heterocycles. The molecular formula is C23H27N3O2S2. The standard InChI is InChI=1S/C23H27N3O2S2/c1-18(15-25-11-13-28-14-12-25)26(16-19-7-3-2-4-8-19)22(27)17-29-23-24-20-9-5-6-10-21(20)30-23/h2-10,18H,11-17H2,1H3. The maximum Gasteiger partial charge on any atom is 0.233 e. The molecule has 1 fully saturated rings. The molecule has 0 aliphatic carbocycles. The SMILES string of the molecule is CC(CN1CCOCC1)N(Cc1ccccc1)C(=O)CSc1nc2ccccc2s1. The molecule has 1 saturated heterocycles. The minimum absolute atomic E-state index is 0.131. The number of aromatic nitrogens is 1. The first-order valence-electron chi connectivity index (χ1n) is 10.3. The lowest BCUT2D eigenvalue weighted by atomic mass is 10.1. The molecule has 5 nitrogen and oxygen atoms in total. The van der Waals surface area contributed by atoms with Gasteiger partial charge in [-0.2, -0.15) is 0 Å². The number of carbonyl (C=O) groups excluding carboxylic acids is 1. The molecular weight excluding hydrogens is 414 g/mol. The second-order valence-corrected chi connectivity index (χ2v) is 9.76. The number of thioether (sulfide) groups is 1. The predicted octanol–water partition coefficient (Wildman–Crippen LogP) is 4.14. The van der Waals surface area contributed by atoms with E-state index in [1.807, 2.05) is 41.3 Å². The highest BCUT2D eigenvalue weighted by Crippen LogP contribution is 2.29. The molecule has 1 aliphatic heterocycles. The van der Waals surface area contributed by atoms with Crippen LogP contribution in [0, 0.1) is 0 Å². The second kappa shape index (κ2) is 10.4. The molecule has 2 aromatic carbocycles. The third kappa shape index (κ3) is 5.60. The van der Waals surface area contributed by atoms with Crippen molar-refractivity contribution in [1.82, 2.24) is 14.8 Å². The number of para-hydroxylation sites is 1. The topological polar surface area (TPSA) is 45.7 Å². The van der Waals surface area contributed by atoms with Gasteiger partial charge in [0.15, 0.2) is 4.34 Å². The first kappa shape index (κ1) is 21.3. The number of rotatable bonds is 8. The van der Waals surface area contributed by atoms with Crippen molar-refractivity contribution in [2.24, 2.45) is 0 Å². The van der Waals surface area contributed by atoms with Crippen LogP contribution in [0.15, 0.2) is 58.9 Å². The van der Waals surface area contributed by atoms with Crippen LogP contribution in [0.3, 0.4) is 0 Å². The van der Waals surface area contributed by atoms with Gasteiger partial charge in [-0.25, -0.2) is 4.98 Å². The maximum absolute atomic E-state index is 13.3. The number of hydrogen-bond acceptors (Lipinski definition) is 6. The number of fused-ring (bicyclic) bond motifs is 1. The molecule has 4 rings (SSSR count). The van der Waals surface area contributed by atoms with Crippen molar-refractivity contribution in [3.63, 3.8) is 0 Å². The Morgan fingerprint density at radius 2 is 1.90 bits per heavy atom. The zero-order chi connectivity index (χ0) is 20.8. The van der Waals surface area contributed by atoms with Crippen molar-refractivity contribution < 1.29 is 9.53 Å². The molecule has 0 saturated carbocycles. The summed E-state index contributed by atoms with van der Waals surface area (Å²) in [6, 6.07) is 18.5. The minimum Gasteiger partial charge on any atom is -0.379 e. The number of benzene rings is 2. The normalized spacial score (nSPS) is 15.9. The Kier molecular flexibility index (Phi) is 7.38. The molecule has 2 heterocycles. The van der Waals surface area contributed by atoms with E-state index in [0.717, 1.165) is 53.0 Å². The summed E-state index contributed by atoms with van der Waals surface area (Å²) in [6.45, 7) is 7.05. The summed E-state index contributed by atoms with van der Waals surface area (Å²) in [5.41, 5.74) is 2.16. The van der Waals surface area contributed by atoms with Gasteiger partial charge < -0.3 is 9.64 Å². The van der Waals surface area contributed by atoms with Gasteiger partial charge in [-0.05, 0) is 24.6 Å². The zero-order valence-electron chi connectivity index (χ0n) is 17.2. The molecule has 0 N–H and O–H groups in total. The fourth-order valence-corrected chi connectivity index (χ4v) is 5.60. The molecule has 30 heavy (non-hydrogen) atoms. The summed E-state index contributed by atoms with van der Waals surface area (Å²) in [4.78, 5) is 22.3. The number of nitrogens with zero attached hydrogens (tertiary/aromatic N) is 3. The Morgan fingerprint density at radius 1 is 1.17 bits per heavy atom. The average Bonchev–Trinajstić information content (AvgIpc) is 3.20. The Labute approximate surface area is 186 Å². The number of morpholine rings is 1. The summed E-state index contributed by atoms with van der Waals surface area (Å²) in [5.74, 6) is 0.559. The van der Waals surface area contributed by atoms with Gasteiger partial charge in [0.05, 0.1) is 29.2 Å². The van der Waals surface area contributed by atoms with Crippen molar-refractivity contribution in [3.8, 4) is 0 Å². The highest BCUT2D eigenvalue weighted by Gasteiger charge is 2.24. The number of amides is 1. The Bertz CT molecular complexity index is 924. The van der Waals surface area contributed by atoms with E-state index in [4.69, 9.17) is 4.74 Å². The maximum atomic E-state index is 13.3. The van der Waals surface area contributed by atoms with Crippen LogP contribution in [0.5, 0.6) is 0 Å². The van der Waals surface area contributed by atoms with E-state index in [1.54, 1.807) is 11.3 Å². The van der Waals surface area contributed by atoms with Gasteiger partial charge in [-0.3, -0.25) is 9.69 Å². The Balaban J connectivity index is 1.43. The van der Waals surface area contributed by atoms with Crippen molar-refractivity contribution in [1.29, 1.82) is 0 Å². The Morgan fingerprint density at radius 3 is 2.67 bits per heavy atom. The van der Waals surface area contributed by atoms with E-state index < -0.39 is 0 Å². The lowest BCUT2D eigenvalue weighted by molar-refractivity contribution is -0.131. The van der Waals surface area contributed by atoms with Gasteiger partial charge in [0.25, 0.3) is 0 Å². The van der Waals surface area contributed by atoms with Gasteiger partial charge in [0.1, 0.15) is 0 Å². The first-order chi connectivity index (χ1) is 14.7. The van der Waals surface area contributed by atoms with Crippen LogP contribution >= 0.6 is 23.1 Å². The summed E-state index contributed by atoms with van der Waals surface area (Å²) >= 11 is 3.19. The van der Waals surface area contributed by atoms with Crippen LogP contribution in [0.4, 0.5) is 0 Å². The van der Waals surface area contributed by atoms with Gasteiger partial charge in [-0.15, -0.1) is 11.3 Å². The molecule has 1 atom stereocenters. The van der Waals surface area contributed by atoms with E-state index in [-0.39, 0.29) is 11.9 Å². The third-order valence-electron chi connectivity index (χ3n) is 5.27. The lowest BCUT2D eigenvalue weighted by Gasteiger charge is -2.35. The molecule has 0 spiro atoms. The largest absolute Gasteiger partial charge is 0.379 e. The van der Waals surface area contributed by atoms with Crippen LogP contribution in [0.2, 0.25) is 0 Å². The Hall–Kier alpha value is -1.93. The molecule has 158 valence electrons. The van der Waals surface area contributed by atoms with Crippen LogP contribution in [-0.2, 0) is 16.1 Å². The van der Waals surface area contributed by atoms with Gasteiger partial charge in [-0.1, -0.05) is 54.2 Å². The fraction of sp³-hybridized carbons (Fsp3) is 0.391. The molecule has 0 bridgehead atoms. The van der Waals surface area contributed by atoms with Crippen LogP contribution in [0.1, 0.15) is 12.5 Å². The van der Waals surface area contributed by atoms with Crippen molar-refractivity contribution in [2.75, 3.05) is 38.6 Å². The number of hydrogen-bond donors (Lipinski definition) is 0. The molecule has 1 aliphatic rings. The zero-order valence-corrected chi connectivity index (χ0v) is 18.8. The molecule has 7 heteroatoms. The van der Waals surface area contributed by atoms with Crippen molar-refractivity contribution >= 4 is 39.2 Å². The van der Waals surface area contributed by atoms with Crippen molar-refractivity contribution in [3.05, 3.63) is 60.2 Å². The smallest absolute Gasteiger partial charge is 0.233 e. The van der Waals surface area contributed by atoms with Gasteiger partial charge in [0, 0.05) is 32.2 Å². The summed E-state index contributed by atoms with van der Waals surface area (Å²) in [6.07, 6.45) is 0. The second-order valence-electron chi connectivity index (χ2n) is 7.51. The molecule has 1 unspecified atom stereocenters. The van der Waals surface area contributed by atoms with E-state index in [0.29, 0.717) is 12.3 Å². The number of ether oxygens (including phenoxy) is 1. The van der Waals surface area contributed by atoms with E-state index >= 15 is 0 Å². The minimum atomic E-state index is 0.131.